The van der Waals surface area contributed by atoms with E-state index in [-0.39, 0.29) is 17.7 Å². The quantitative estimate of drug-likeness (QED) is 0.773. The van der Waals surface area contributed by atoms with E-state index in [0.717, 1.165) is 15.4 Å². The van der Waals surface area contributed by atoms with Gasteiger partial charge in [0.1, 0.15) is 0 Å². The summed E-state index contributed by atoms with van der Waals surface area (Å²) in [5.41, 5.74) is 0.638. The fourth-order valence-electron chi connectivity index (χ4n) is 3.30. The van der Waals surface area contributed by atoms with Gasteiger partial charge in [-0.25, -0.2) is 0 Å². The van der Waals surface area contributed by atoms with Crippen LogP contribution in [0.25, 0.3) is 0 Å². The summed E-state index contributed by atoms with van der Waals surface area (Å²) in [6.45, 7) is 0. The first kappa shape index (κ1) is 14.8. The predicted molar refractivity (Wildman–Crippen MR) is 83.2 cm³/mol. The number of hydrogen-bond donors (Lipinski definition) is 1. The van der Waals surface area contributed by atoms with Gasteiger partial charge in [0, 0.05) is 26.5 Å². The Bertz CT molecular complexity index is 644. The molecule has 4 nitrogen and oxygen atoms in total. The van der Waals surface area contributed by atoms with Crippen LogP contribution in [-0.2, 0) is 9.59 Å². The van der Waals surface area contributed by atoms with Gasteiger partial charge in [-0.05, 0) is 68.3 Å². The van der Waals surface area contributed by atoms with Crippen LogP contribution in [0.4, 0.5) is 5.69 Å². The molecular weight excluding hydrogens is 402 g/mol. The number of nitrogens with one attached hydrogen (secondary N) is 1. The highest BCUT2D eigenvalue weighted by Crippen LogP contribution is 2.48. The van der Waals surface area contributed by atoms with Crippen molar-refractivity contribution >= 4 is 49.4 Å². The minimum Gasteiger partial charge on any atom is -0.550 e. The first-order chi connectivity index (χ1) is 9.97. The van der Waals surface area contributed by atoms with E-state index < -0.39 is 17.8 Å². The standard InChI is InChI=1S/C15H13Br2NO3/c16-10-4-3-9(6-11(10)17)18-14(19)12-7-1-2-8(5-7)13(12)15(20)21/h1-4,6-8,12-13H,5H2,(H,18,19)(H,20,21)/p-1/t7-,8+,12+,13+/m1/s1. The van der Waals surface area contributed by atoms with Crippen LogP contribution in [0.15, 0.2) is 39.3 Å². The molecule has 0 aromatic heterocycles. The summed E-state index contributed by atoms with van der Waals surface area (Å²) < 4.78 is 1.71. The van der Waals surface area contributed by atoms with Gasteiger partial charge in [0.05, 0.1) is 5.92 Å². The summed E-state index contributed by atoms with van der Waals surface area (Å²) in [6.07, 6.45) is 4.57. The van der Waals surface area contributed by atoms with Gasteiger partial charge in [0.25, 0.3) is 0 Å². The molecule has 110 valence electrons. The molecule has 1 N–H and O–H groups in total. The molecule has 0 heterocycles. The normalized spacial score (nSPS) is 29.6. The highest BCUT2D eigenvalue weighted by atomic mass is 79.9. The highest BCUT2D eigenvalue weighted by Gasteiger charge is 2.48. The number of carbonyl (C=O) groups excluding carboxylic acids is 2. The van der Waals surface area contributed by atoms with Crippen LogP contribution in [0.5, 0.6) is 0 Å². The average Bonchev–Trinajstić information content (AvgIpc) is 3.03. The van der Waals surface area contributed by atoms with Gasteiger partial charge < -0.3 is 15.2 Å². The lowest BCUT2D eigenvalue weighted by Crippen LogP contribution is -2.42. The number of anilines is 1. The minimum atomic E-state index is -1.14. The number of carboxylic acids is 1. The maximum Gasteiger partial charge on any atom is 0.228 e. The van der Waals surface area contributed by atoms with Crippen molar-refractivity contribution in [2.24, 2.45) is 23.7 Å². The second kappa shape index (κ2) is 5.57. The Balaban J connectivity index is 1.80. The van der Waals surface area contributed by atoms with Gasteiger partial charge in [0.2, 0.25) is 5.91 Å². The predicted octanol–water partition coefficient (Wildman–Crippen LogP) is 2.34. The summed E-state index contributed by atoms with van der Waals surface area (Å²) in [5, 5.41) is 14.1. The van der Waals surface area contributed by atoms with E-state index in [4.69, 9.17) is 0 Å². The van der Waals surface area contributed by atoms with Crippen molar-refractivity contribution in [3.8, 4) is 0 Å². The number of hydrogen-bond acceptors (Lipinski definition) is 3. The maximum absolute atomic E-state index is 12.5. The number of fused-ring (bicyclic) bond motifs is 2. The molecule has 0 spiro atoms. The number of carbonyl (C=O) groups is 2. The van der Waals surface area contributed by atoms with E-state index in [1.807, 2.05) is 18.2 Å². The third kappa shape index (κ3) is 2.66. The zero-order chi connectivity index (χ0) is 15.1. The zero-order valence-electron chi connectivity index (χ0n) is 10.9. The second-order valence-corrected chi connectivity index (χ2v) is 7.15. The molecular formula is C15H12Br2NO3-. The van der Waals surface area contributed by atoms with Crippen LogP contribution in [0.3, 0.4) is 0 Å². The SMILES string of the molecule is O=C(Nc1ccc(Br)c(Br)c1)[C@@H]1[C@@H](C(=O)[O-])[C@H]2C=C[C@@H]1C2. The van der Waals surface area contributed by atoms with Crippen LogP contribution in [0.1, 0.15) is 6.42 Å². The molecule has 0 radical (unpaired) electrons. The van der Waals surface area contributed by atoms with E-state index >= 15 is 0 Å². The van der Waals surface area contributed by atoms with Crippen molar-refractivity contribution in [1.82, 2.24) is 0 Å². The second-order valence-electron chi connectivity index (χ2n) is 5.44. The van der Waals surface area contributed by atoms with Crippen molar-refractivity contribution in [1.29, 1.82) is 0 Å². The number of amides is 1. The maximum atomic E-state index is 12.5. The molecule has 6 heteroatoms. The van der Waals surface area contributed by atoms with Crippen molar-refractivity contribution < 1.29 is 14.7 Å². The molecule has 1 aromatic rings. The highest BCUT2D eigenvalue weighted by molar-refractivity contribution is 9.13. The molecule has 2 bridgehead atoms. The molecule has 1 aromatic carbocycles. The van der Waals surface area contributed by atoms with Gasteiger partial charge in [-0.1, -0.05) is 12.2 Å². The molecule has 0 unspecified atom stereocenters. The topological polar surface area (TPSA) is 69.2 Å². The van der Waals surface area contributed by atoms with Gasteiger partial charge in [-0.15, -0.1) is 0 Å². The summed E-state index contributed by atoms with van der Waals surface area (Å²) in [7, 11) is 0. The van der Waals surface area contributed by atoms with Gasteiger partial charge >= 0.3 is 0 Å². The Kier molecular flexibility index (Phi) is 3.92. The number of aliphatic carboxylic acids is 1. The van der Waals surface area contributed by atoms with E-state index in [9.17, 15) is 14.7 Å². The Morgan fingerprint density at radius 1 is 1.10 bits per heavy atom. The lowest BCUT2D eigenvalue weighted by molar-refractivity contribution is -0.313. The van der Waals surface area contributed by atoms with E-state index in [1.54, 1.807) is 12.1 Å². The summed E-state index contributed by atoms with van der Waals surface area (Å²) in [4.78, 5) is 23.8. The van der Waals surface area contributed by atoms with E-state index in [2.05, 4.69) is 37.2 Å². The number of allylic oxidation sites excluding steroid dienone is 2. The third-order valence-electron chi connectivity index (χ3n) is 4.22. The largest absolute Gasteiger partial charge is 0.550 e. The fraction of sp³-hybridized carbons (Fsp3) is 0.333. The Morgan fingerprint density at radius 3 is 2.38 bits per heavy atom. The van der Waals surface area contributed by atoms with Crippen LogP contribution in [-0.4, -0.2) is 11.9 Å². The van der Waals surface area contributed by atoms with Crippen LogP contribution in [0.2, 0.25) is 0 Å². The number of benzene rings is 1. The van der Waals surface area contributed by atoms with E-state index in [1.165, 1.54) is 0 Å². The van der Waals surface area contributed by atoms with Crippen molar-refractivity contribution in [3.63, 3.8) is 0 Å². The van der Waals surface area contributed by atoms with Gasteiger partial charge in [-0.3, -0.25) is 4.79 Å². The molecule has 21 heavy (non-hydrogen) atoms. The lowest BCUT2D eigenvalue weighted by atomic mass is 9.82. The summed E-state index contributed by atoms with van der Waals surface area (Å²) in [5.74, 6) is -2.74. The number of halogens is 2. The monoisotopic (exact) mass is 412 g/mol. The number of rotatable bonds is 3. The van der Waals surface area contributed by atoms with Crippen LogP contribution in [0, 0.1) is 23.7 Å². The smallest absolute Gasteiger partial charge is 0.228 e. The molecule has 1 saturated carbocycles. The first-order valence-electron chi connectivity index (χ1n) is 6.62. The first-order valence-corrected chi connectivity index (χ1v) is 8.21. The molecule has 2 aliphatic rings. The van der Waals surface area contributed by atoms with Crippen molar-refractivity contribution in [2.75, 3.05) is 5.32 Å². The molecule has 2 aliphatic carbocycles. The summed E-state index contributed by atoms with van der Waals surface area (Å²) >= 11 is 6.74. The molecule has 0 aliphatic heterocycles. The molecule has 0 saturated heterocycles. The Hall–Kier alpha value is -1.14. The van der Waals surface area contributed by atoms with E-state index in [0.29, 0.717) is 5.69 Å². The molecule has 1 fully saturated rings. The van der Waals surface area contributed by atoms with Crippen molar-refractivity contribution in [3.05, 3.63) is 39.3 Å². The molecule has 4 atom stereocenters. The third-order valence-corrected chi connectivity index (χ3v) is 6.10. The van der Waals surface area contributed by atoms with Crippen LogP contribution >= 0.6 is 31.9 Å². The molecule has 1 amide bonds. The minimum absolute atomic E-state index is 0.00297. The van der Waals surface area contributed by atoms with Gasteiger partial charge in [-0.2, -0.15) is 0 Å². The number of carboxylic acid groups (broad SMARTS) is 1. The van der Waals surface area contributed by atoms with Crippen molar-refractivity contribution in [2.45, 2.75) is 6.42 Å². The Morgan fingerprint density at radius 2 is 1.76 bits per heavy atom. The zero-order valence-corrected chi connectivity index (χ0v) is 14.1. The van der Waals surface area contributed by atoms with Gasteiger partial charge in [0.15, 0.2) is 0 Å². The summed E-state index contributed by atoms with van der Waals surface area (Å²) in [6, 6.07) is 5.36. The Labute approximate surface area is 138 Å². The molecule has 3 rings (SSSR count). The lowest BCUT2D eigenvalue weighted by Gasteiger charge is -2.27. The fourth-order valence-corrected chi connectivity index (χ4v) is 3.93. The van der Waals surface area contributed by atoms with Crippen LogP contribution < -0.4 is 10.4 Å². The average molecular weight is 414 g/mol.